The van der Waals surface area contributed by atoms with Crippen LogP contribution in [0.4, 0.5) is 15.8 Å². The summed E-state index contributed by atoms with van der Waals surface area (Å²) in [5.41, 5.74) is 3.67. The lowest BCUT2D eigenvalue weighted by atomic mass is 10.2. The first-order valence-corrected chi connectivity index (χ1v) is 7.45. The lowest BCUT2D eigenvalue weighted by molar-refractivity contribution is -0.385. The van der Waals surface area contributed by atoms with Crippen molar-refractivity contribution >= 4 is 50.8 Å². The maximum atomic E-state index is 12.8. The number of hydrazone groups is 1. The van der Waals surface area contributed by atoms with Crippen molar-refractivity contribution in [3.8, 4) is 0 Å². The Morgan fingerprint density at radius 3 is 2.65 bits per heavy atom. The van der Waals surface area contributed by atoms with Crippen LogP contribution in [0.25, 0.3) is 0 Å². The minimum atomic E-state index is -0.491. The quantitative estimate of drug-likeness (QED) is 0.355. The second-order valence-electron chi connectivity index (χ2n) is 4.30. The normalized spacial score (nSPS) is 10.5. The van der Waals surface area contributed by atoms with Gasteiger partial charge in [0.25, 0.3) is 5.69 Å². The molecule has 0 radical (unpaired) electrons. The zero-order valence-electron chi connectivity index (χ0n) is 11.5. The van der Waals surface area contributed by atoms with Gasteiger partial charge in [0.05, 0.1) is 15.6 Å². The van der Waals surface area contributed by atoms with Gasteiger partial charge in [-0.05, 0) is 58.5 Å². The molecule has 6 nitrogen and oxygen atoms in total. The molecule has 0 amide bonds. The van der Waals surface area contributed by atoms with Gasteiger partial charge in [0.15, 0.2) is 5.11 Å². The number of rotatable bonds is 4. The number of nitro groups is 1. The Morgan fingerprint density at radius 1 is 1.30 bits per heavy atom. The Bertz CT molecular complexity index is 768. The molecule has 0 heterocycles. The molecule has 0 saturated heterocycles. The Balaban J connectivity index is 1.96. The van der Waals surface area contributed by atoms with E-state index in [-0.39, 0.29) is 16.6 Å². The lowest BCUT2D eigenvalue weighted by Crippen LogP contribution is -2.23. The van der Waals surface area contributed by atoms with Gasteiger partial charge in [-0.25, -0.2) is 4.39 Å². The van der Waals surface area contributed by atoms with Crippen molar-refractivity contribution < 1.29 is 9.31 Å². The first-order chi connectivity index (χ1) is 11.0. The Kier molecular flexibility index (Phi) is 5.72. The smallest absolute Gasteiger partial charge is 0.284 e. The number of hydrogen-bond donors (Lipinski definition) is 2. The van der Waals surface area contributed by atoms with Crippen LogP contribution in [0.15, 0.2) is 52.0 Å². The van der Waals surface area contributed by atoms with E-state index in [2.05, 4.69) is 31.8 Å². The molecule has 0 atom stereocenters. The van der Waals surface area contributed by atoms with Crippen molar-refractivity contribution in [2.45, 2.75) is 0 Å². The summed E-state index contributed by atoms with van der Waals surface area (Å²) in [6.45, 7) is 0. The Labute approximate surface area is 144 Å². The predicted molar refractivity (Wildman–Crippen MR) is 94.1 cm³/mol. The van der Waals surface area contributed by atoms with Crippen molar-refractivity contribution in [1.82, 2.24) is 5.43 Å². The summed E-state index contributed by atoms with van der Waals surface area (Å²) >= 11 is 8.13. The van der Waals surface area contributed by atoms with Crippen molar-refractivity contribution in [3.05, 3.63) is 68.4 Å². The van der Waals surface area contributed by atoms with Crippen LogP contribution in [0.1, 0.15) is 5.56 Å². The molecule has 0 aliphatic heterocycles. The summed E-state index contributed by atoms with van der Waals surface area (Å²) in [6, 6.07) is 10.3. The standard InChI is InChI=1S/C14H10BrFN4O2S/c15-12-6-1-9(7-13(12)20(21)22)8-17-19-14(23)18-11-4-2-10(16)3-5-11/h1-8H,(H2,18,19,23)/b17-8-. The zero-order valence-corrected chi connectivity index (χ0v) is 13.9. The third-order valence-corrected chi connectivity index (χ3v) is 3.51. The summed E-state index contributed by atoms with van der Waals surface area (Å²) in [4.78, 5) is 10.4. The predicted octanol–water partition coefficient (Wildman–Crippen LogP) is 3.82. The number of halogens is 2. The van der Waals surface area contributed by atoms with E-state index >= 15 is 0 Å². The largest absolute Gasteiger partial charge is 0.331 e. The van der Waals surface area contributed by atoms with E-state index in [1.54, 1.807) is 12.1 Å². The summed E-state index contributed by atoms with van der Waals surface area (Å²) in [7, 11) is 0. The molecular weight excluding hydrogens is 387 g/mol. The van der Waals surface area contributed by atoms with Gasteiger partial charge in [0.2, 0.25) is 0 Å². The molecule has 2 aromatic rings. The summed E-state index contributed by atoms with van der Waals surface area (Å²) < 4.78 is 13.2. The van der Waals surface area contributed by atoms with Crippen LogP contribution in [0.3, 0.4) is 0 Å². The number of anilines is 1. The van der Waals surface area contributed by atoms with Crippen LogP contribution in [0.2, 0.25) is 0 Å². The molecule has 0 aliphatic rings. The fourth-order valence-corrected chi connectivity index (χ4v) is 2.17. The van der Waals surface area contributed by atoms with E-state index < -0.39 is 4.92 Å². The summed E-state index contributed by atoms with van der Waals surface area (Å²) in [5.74, 6) is -0.343. The maximum Gasteiger partial charge on any atom is 0.284 e. The molecule has 2 N–H and O–H groups in total. The highest BCUT2D eigenvalue weighted by molar-refractivity contribution is 9.10. The van der Waals surface area contributed by atoms with Gasteiger partial charge in [-0.3, -0.25) is 15.5 Å². The highest BCUT2D eigenvalue weighted by atomic mass is 79.9. The highest BCUT2D eigenvalue weighted by Crippen LogP contribution is 2.24. The number of nitro benzene ring substituents is 1. The average Bonchev–Trinajstić information content (AvgIpc) is 2.51. The molecule has 118 valence electrons. The Hall–Kier alpha value is -2.39. The van der Waals surface area contributed by atoms with Crippen molar-refractivity contribution in [2.75, 3.05) is 5.32 Å². The molecule has 9 heteroatoms. The van der Waals surface area contributed by atoms with Crippen molar-refractivity contribution in [1.29, 1.82) is 0 Å². The number of benzene rings is 2. The molecule has 0 aliphatic carbocycles. The summed E-state index contributed by atoms with van der Waals surface area (Å²) in [5, 5.41) is 17.8. The molecule has 0 saturated carbocycles. The second kappa shape index (κ2) is 7.75. The maximum absolute atomic E-state index is 12.8. The van der Waals surface area contributed by atoms with Gasteiger partial charge in [-0.2, -0.15) is 5.10 Å². The van der Waals surface area contributed by atoms with Crippen LogP contribution in [0, 0.1) is 15.9 Å². The SMILES string of the molecule is O=[N+]([O-])c1cc(/C=N\NC(=S)Nc2ccc(F)cc2)ccc1Br. The van der Waals surface area contributed by atoms with E-state index in [0.29, 0.717) is 15.7 Å². The molecule has 2 aromatic carbocycles. The van der Waals surface area contributed by atoms with Crippen LogP contribution in [0.5, 0.6) is 0 Å². The Morgan fingerprint density at radius 2 is 2.00 bits per heavy atom. The molecular formula is C14H10BrFN4O2S. The van der Waals surface area contributed by atoms with Gasteiger partial charge in [-0.1, -0.05) is 6.07 Å². The minimum Gasteiger partial charge on any atom is -0.331 e. The third-order valence-electron chi connectivity index (χ3n) is 2.65. The van der Waals surface area contributed by atoms with Gasteiger partial charge >= 0.3 is 0 Å². The van der Waals surface area contributed by atoms with E-state index in [1.807, 2.05) is 0 Å². The zero-order chi connectivity index (χ0) is 16.8. The number of nitrogens with one attached hydrogen (secondary N) is 2. The van der Waals surface area contributed by atoms with Gasteiger partial charge < -0.3 is 5.32 Å². The van der Waals surface area contributed by atoms with E-state index in [9.17, 15) is 14.5 Å². The van der Waals surface area contributed by atoms with E-state index in [4.69, 9.17) is 12.2 Å². The first kappa shape index (κ1) is 17.0. The van der Waals surface area contributed by atoms with Crippen LogP contribution in [-0.2, 0) is 0 Å². The second-order valence-corrected chi connectivity index (χ2v) is 5.56. The van der Waals surface area contributed by atoms with Crippen LogP contribution < -0.4 is 10.7 Å². The van der Waals surface area contributed by atoms with E-state index in [0.717, 1.165) is 0 Å². The molecule has 0 bridgehead atoms. The molecule has 0 unspecified atom stereocenters. The third kappa shape index (κ3) is 5.08. The molecule has 23 heavy (non-hydrogen) atoms. The molecule has 0 spiro atoms. The number of hydrogen-bond acceptors (Lipinski definition) is 4. The van der Waals surface area contributed by atoms with Gasteiger partial charge in [-0.15, -0.1) is 0 Å². The topological polar surface area (TPSA) is 79.6 Å². The van der Waals surface area contributed by atoms with Gasteiger partial charge in [0.1, 0.15) is 5.82 Å². The van der Waals surface area contributed by atoms with Crippen LogP contribution >= 0.6 is 28.1 Å². The average molecular weight is 397 g/mol. The van der Waals surface area contributed by atoms with Crippen molar-refractivity contribution in [3.63, 3.8) is 0 Å². The minimum absolute atomic E-state index is 0.0547. The molecule has 0 aromatic heterocycles. The summed E-state index contributed by atoms with van der Waals surface area (Å²) in [6.07, 6.45) is 1.40. The number of thiocarbonyl (C=S) groups is 1. The lowest BCUT2D eigenvalue weighted by Gasteiger charge is -2.06. The van der Waals surface area contributed by atoms with Crippen LogP contribution in [-0.4, -0.2) is 16.3 Å². The molecule has 2 rings (SSSR count). The van der Waals surface area contributed by atoms with Gasteiger partial charge in [0, 0.05) is 17.3 Å². The first-order valence-electron chi connectivity index (χ1n) is 6.25. The van der Waals surface area contributed by atoms with Crippen molar-refractivity contribution in [2.24, 2.45) is 5.10 Å². The monoisotopic (exact) mass is 396 g/mol. The van der Waals surface area contributed by atoms with E-state index in [1.165, 1.54) is 36.5 Å². The highest BCUT2D eigenvalue weighted by Gasteiger charge is 2.11. The number of nitrogens with zero attached hydrogens (tertiary/aromatic N) is 2. The fraction of sp³-hybridized carbons (Fsp3) is 0. The molecule has 0 fully saturated rings. The fourth-order valence-electron chi connectivity index (χ4n) is 1.61.